The molecule has 0 unspecified atom stereocenters. The fraction of sp³-hybridized carbons (Fsp3) is 0.500. The predicted molar refractivity (Wildman–Crippen MR) is 80.4 cm³/mol. The van der Waals surface area contributed by atoms with Gasteiger partial charge in [-0.05, 0) is 18.4 Å². The third kappa shape index (κ3) is 2.90. The van der Waals surface area contributed by atoms with E-state index < -0.39 is 6.09 Å². The number of ether oxygens (including phenoxy) is 2. The number of hydrogen-bond donors (Lipinski definition) is 0. The molecule has 22 heavy (non-hydrogen) atoms. The summed E-state index contributed by atoms with van der Waals surface area (Å²) in [4.78, 5) is 25.8. The Morgan fingerprint density at radius 3 is 2.86 bits per heavy atom. The molecular formula is C16H18ClNO4. The van der Waals surface area contributed by atoms with E-state index in [-0.39, 0.29) is 30.6 Å². The van der Waals surface area contributed by atoms with Gasteiger partial charge in [-0.15, -0.1) is 11.6 Å². The van der Waals surface area contributed by atoms with Gasteiger partial charge >= 0.3 is 12.1 Å². The molecule has 2 heterocycles. The molecule has 2 saturated heterocycles. The van der Waals surface area contributed by atoms with E-state index in [9.17, 15) is 9.59 Å². The standard InChI is InChI=1S/C16H18ClNO4/c17-8-6-13-14-12(15(19)22-13)7-9-18(14)16(20)21-10-11-4-2-1-3-5-11/h1-5,12-14H,6-10H2/t12-,13-,14+/m0/s1. The van der Waals surface area contributed by atoms with Crippen LogP contribution in [0.5, 0.6) is 0 Å². The molecule has 1 amide bonds. The lowest BCUT2D eigenvalue weighted by molar-refractivity contribution is -0.144. The molecule has 0 radical (unpaired) electrons. The number of amides is 1. The van der Waals surface area contributed by atoms with Gasteiger partial charge in [0.05, 0.1) is 12.0 Å². The zero-order chi connectivity index (χ0) is 15.5. The molecule has 0 bridgehead atoms. The second kappa shape index (κ2) is 6.57. The van der Waals surface area contributed by atoms with Crippen molar-refractivity contribution < 1.29 is 19.1 Å². The van der Waals surface area contributed by atoms with Crippen LogP contribution in [0.1, 0.15) is 18.4 Å². The third-order valence-electron chi connectivity index (χ3n) is 4.24. The monoisotopic (exact) mass is 323 g/mol. The number of halogens is 1. The SMILES string of the molecule is O=C1O[C@@H](CCCl)[C@H]2[C@@H]1CCN2C(=O)OCc1ccccc1. The molecule has 6 heteroatoms. The second-order valence-corrected chi connectivity index (χ2v) is 5.95. The fourth-order valence-corrected chi connectivity index (χ4v) is 3.41. The summed E-state index contributed by atoms with van der Waals surface area (Å²) in [5.74, 6) is -0.0652. The summed E-state index contributed by atoms with van der Waals surface area (Å²) in [5.41, 5.74) is 0.933. The summed E-state index contributed by atoms with van der Waals surface area (Å²) in [6.45, 7) is 0.749. The van der Waals surface area contributed by atoms with Crippen molar-refractivity contribution in [1.82, 2.24) is 4.90 Å². The van der Waals surface area contributed by atoms with Gasteiger partial charge < -0.3 is 14.4 Å². The Morgan fingerprint density at radius 2 is 2.14 bits per heavy atom. The first-order valence-electron chi connectivity index (χ1n) is 7.44. The number of cyclic esters (lactones) is 1. The molecule has 1 aromatic carbocycles. The molecule has 0 saturated carbocycles. The summed E-state index contributed by atoms with van der Waals surface area (Å²) in [5, 5.41) is 0. The van der Waals surface area contributed by atoms with E-state index in [2.05, 4.69) is 0 Å². The molecule has 3 rings (SSSR count). The van der Waals surface area contributed by atoms with Crippen LogP contribution in [0.15, 0.2) is 30.3 Å². The molecule has 2 aliphatic heterocycles. The highest BCUT2D eigenvalue weighted by atomic mass is 35.5. The molecule has 0 aliphatic carbocycles. The van der Waals surface area contributed by atoms with Crippen molar-refractivity contribution in [3.05, 3.63) is 35.9 Å². The normalized spacial score (nSPS) is 26.7. The maximum atomic E-state index is 12.3. The lowest BCUT2D eigenvalue weighted by Gasteiger charge is -2.26. The van der Waals surface area contributed by atoms with Crippen LogP contribution >= 0.6 is 11.6 Å². The van der Waals surface area contributed by atoms with Crippen molar-refractivity contribution >= 4 is 23.7 Å². The molecule has 0 N–H and O–H groups in total. The lowest BCUT2D eigenvalue weighted by Crippen LogP contribution is -2.43. The maximum absolute atomic E-state index is 12.3. The smallest absolute Gasteiger partial charge is 0.410 e. The van der Waals surface area contributed by atoms with E-state index in [0.717, 1.165) is 5.56 Å². The molecule has 0 aromatic heterocycles. The Balaban J connectivity index is 1.63. The Kier molecular flexibility index (Phi) is 4.52. The molecule has 118 valence electrons. The number of carbonyl (C=O) groups is 2. The van der Waals surface area contributed by atoms with Gasteiger partial charge in [-0.1, -0.05) is 30.3 Å². The first kappa shape index (κ1) is 15.2. The number of alkyl halides is 1. The third-order valence-corrected chi connectivity index (χ3v) is 4.46. The molecule has 1 aromatic rings. The minimum atomic E-state index is -0.394. The van der Waals surface area contributed by atoms with Gasteiger partial charge in [-0.25, -0.2) is 4.79 Å². The highest BCUT2D eigenvalue weighted by Gasteiger charge is 2.52. The maximum Gasteiger partial charge on any atom is 0.410 e. The van der Waals surface area contributed by atoms with E-state index in [4.69, 9.17) is 21.1 Å². The highest BCUT2D eigenvalue weighted by Crippen LogP contribution is 2.37. The number of likely N-dealkylation sites (tertiary alicyclic amines) is 1. The Labute approximate surface area is 134 Å². The fourth-order valence-electron chi connectivity index (χ4n) is 3.19. The van der Waals surface area contributed by atoms with E-state index in [1.165, 1.54) is 0 Å². The zero-order valence-electron chi connectivity index (χ0n) is 12.1. The molecular weight excluding hydrogens is 306 g/mol. The van der Waals surface area contributed by atoms with Crippen LogP contribution in [-0.2, 0) is 20.9 Å². The number of rotatable bonds is 4. The number of carbonyl (C=O) groups excluding carboxylic acids is 2. The minimum absolute atomic E-state index is 0.224. The largest absolute Gasteiger partial charge is 0.460 e. The first-order chi connectivity index (χ1) is 10.7. The topological polar surface area (TPSA) is 55.8 Å². The molecule has 2 aliphatic rings. The van der Waals surface area contributed by atoms with Crippen molar-refractivity contribution in [2.75, 3.05) is 12.4 Å². The summed E-state index contributed by atoms with van der Waals surface area (Å²) < 4.78 is 10.7. The molecule has 2 fully saturated rings. The van der Waals surface area contributed by atoms with Crippen LogP contribution in [0.4, 0.5) is 4.79 Å². The summed E-state index contributed by atoms with van der Waals surface area (Å²) in [7, 11) is 0. The summed E-state index contributed by atoms with van der Waals surface area (Å²) in [6.07, 6.45) is 0.468. The van der Waals surface area contributed by atoms with Crippen molar-refractivity contribution in [3.63, 3.8) is 0 Å². The van der Waals surface area contributed by atoms with Crippen molar-refractivity contribution in [2.45, 2.75) is 31.6 Å². The molecule has 0 spiro atoms. The van der Waals surface area contributed by atoms with Crippen LogP contribution in [-0.4, -0.2) is 41.5 Å². The van der Waals surface area contributed by atoms with Crippen LogP contribution in [0, 0.1) is 5.92 Å². The number of esters is 1. The van der Waals surface area contributed by atoms with Crippen molar-refractivity contribution in [2.24, 2.45) is 5.92 Å². The van der Waals surface area contributed by atoms with E-state index >= 15 is 0 Å². The van der Waals surface area contributed by atoms with Gasteiger partial charge in [-0.2, -0.15) is 0 Å². The van der Waals surface area contributed by atoms with Gasteiger partial charge in [0.15, 0.2) is 0 Å². The first-order valence-corrected chi connectivity index (χ1v) is 7.98. The van der Waals surface area contributed by atoms with Crippen molar-refractivity contribution in [3.8, 4) is 0 Å². The molecule has 3 atom stereocenters. The van der Waals surface area contributed by atoms with E-state index in [1.54, 1.807) is 4.90 Å². The van der Waals surface area contributed by atoms with Crippen molar-refractivity contribution in [1.29, 1.82) is 0 Å². The Bertz CT molecular complexity index is 550. The average Bonchev–Trinajstić information content (AvgIpc) is 3.09. The van der Waals surface area contributed by atoms with E-state index in [0.29, 0.717) is 25.3 Å². The van der Waals surface area contributed by atoms with Crippen LogP contribution in [0.2, 0.25) is 0 Å². The van der Waals surface area contributed by atoms with Gasteiger partial charge in [0.1, 0.15) is 12.7 Å². The summed E-state index contributed by atoms with van der Waals surface area (Å²) in [6, 6.07) is 9.27. The van der Waals surface area contributed by atoms with Gasteiger partial charge in [0, 0.05) is 12.4 Å². The number of nitrogens with zero attached hydrogens (tertiary/aromatic N) is 1. The number of hydrogen-bond acceptors (Lipinski definition) is 4. The zero-order valence-corrected chi connectivity index (χ0v) is 12.9. The minimum Gasteiger partial charge on any atom is -0.460 e. The second-order valence-electron chi connectivity index (χ2n) is 5.57. The van der Waals surface area contributed by atoms with Gasteiger partial charge in [0.25, 0.3) is 0 Å². The van der Waals surface area contributed by atoms with Gasteiger partial charge in [-0.3, -0.25) is 4.79 Å². The number of fused-ring (bicyclic) bond motifs is 1. The Hall–Kier alpha value is -1.75. The Morgan fingerprint density at radius 1 is 1.36 bits per heavy atom. The van der Waals surface area contributed by atoms with Crippen LogP contribution < -0.4 is 0 Å². The molecule has 5 nitrogen and oxygen atoms in total. The van der Waals surface area contributed by atoms with Gasteiger partial charge in [0.2, 0.25) is 0 Å². The highest BCUT2D eigenvalue weighted by molar-refractivity contribution is 6.17. The lowest BCUT2D eigenvalue weighted by atomic mass is 9.98. The predicted octanol–water partition coefficient (Wildman–Crippen LogP) is 2.57. The van der Waals surface area contributed by atoms with Crippen LogP contribution in [0.25, 0.3) is 0 Å². The van der Waals surface area contributed by atoms with Crippen LogP contribution in [0.3, 0.4) is 0 Å². The summed E-state index contributed by atoms with van der Waals surface area (Å²) >= 11 is 5.76. The number of benzene rings is 1. The van der Waals surface area contributed by atoms with E-state index in [1.807, 2.05) is 30.3 Å². The average molecular weight is 324 g/mol. The quantitative estimate of drug-likeness (QED) is 0.631.